The van der Waals surface area contributed by atoms with Crippen LogP contribution in [0.5, 0.6) is 0 Å². The van der Waals surface area contributed by atoms with Crippen molar-refractivity contribution in [3.05, 3.63) is 69.8 Å². The molecule has 26 heavy (non-hydrogen) atoms. The number of aryl methyl sites for hydroxylation is 2. The van der Waals surface area contributed by atoms with Crippen LogP contribution in [-0.4, -0.2) is 15.5 Å². The molecule has 0 radical (unpaired) electrons. The molecule has 0 atom stereocenters. The Hall–Kier alpha value is -2.95. The summed E-state index contributed by atoms with van der Waals surface area (Å²) >= 11 is 0. The molecule has 1 heterocycles. The molecule has 0 unspecified atom stereocenters. The van der Waals surface area contributed by atoms with Gasteiger partial charge in [-0.3, -0.25) is 14.2 Å². The summed E-state index contributed by atoms with van der Waals surface area (Å²) in [6.45, 7) is 8.00. The van der Waals surface area contributed by atoms with Gasteiger partial charge >= 0.3 is 0 Å². The number of rotatable bonds is 4. The number of anilines is 1. The first-order valence-electron chi connectivity index (χ1n) is 8.72. The second-order valence-corrected chi connectivity index (χ2v) is 6.94. The average Bonchev–Trinajstić information content (AvgIpc) is 2.59. The van der Waals surface area contributed by atoms with Gasteiger partial charge in [-0.15, -0.1) is 0 Å². The normalized spacial score (nSPS) is 11.1. The van der Waals surface area contributed by atoms with E-state index in [0.717, 1.165) is 22.4 Å². The number of para-hydroxylation sites is 1. The highest BCUT2D eigenvalue weighted by Crippen LogP contribution is 2.27. The Labute approximate surface area is 152 Å². The van der Waals surface area contributed by atoms with Crippen molar-refractivity contribution in [1.29, 1.82) is 0 Å². The van der Waals surface area contributed by atoms with Crippen LogP contribution in [0.4, 0.5) is 5.69 Å². The van der Waals surface area contributed by atoms with E-state index < -0.39 is 0 Å². The molecule has 0 aliphatic heterocycles. The van der Waals surface area contributed by atoms with E-state index in [2.05, 4.69) is 24.1 Å². The maximum atomic E-state index is 12.7. The minimum absolute atomic E-state index is 0.0679. The SMILES string of the molecule is Cc1ccc2ncn(CC(=O)Nc3c(C)cccc3C(C)C)c(=O)c2c1. The number of carbonyl (C=O) groups is 1. The number of aromatic nitrogens is 2. The van der Waals surface area contributed by atoms with Gasteiger partial charge in [0.25, 0.3) is 5.56 Å². The Morgan fingerprint density at radius 1 is 1.19 bits per heavy atom. The van der Waals surface area contributed by atoms with E-state index in [4.69, 9.17) is 0 Å². The number of amides is 1. The van der Waals surface area contributed by atoms with Gasteiger partial charge in [-0.1, -0.05) is 43.7 Å². The maximum Gasteiger partial charge on any atom is 0.261 e. The molecule has 0 fully saturated rings. The summed E-state index contributed by atoms with van der Waals surface area (Å²) in [6, 6.07) is 11.5. The lowest BCUT2D eigenvalue weighted by atomic mass is 9.98. The Kier molecular flexibility index (Phi) is 4.89. The Morgan fingerprint density at radius 3 is 2.69 bits per heavy atom. The van der Waals surface area contributed by atoms with Crippen molar-refractivity contribution < 1.29 is 4.79 Å². The van der Waals surface area contributed by atoms with Crippen molar-refractivity contribution in [3.63, 3.8) is 0 Å². The number of hydrogen-bond acceptors (Lipinski definition) is 3. The molecule has 0 saturated carbocycles. The van der Waals surface area contributed by atoms with Gasteiger partial charge in [0.1, 0.15) is 6.54 Å². The molecule has 0 aliphatic rings. The van der Waals surface area contributed by atoms with E-state index in [1.807, 2.05) is 44.2 Å². The third-order valence-electron chi connectivity index (χ3n) is 4.48. The molecular formula is C21H23N3O2. The van der Waals surface area contributed by atoms with Crippen LogP contribution in [0.2, 0.25) is 0 Å². The quantitative estimate of drug-likeness (QED) is 0.780. The van der Waals surface area contributed by atoms with E-state index in [1.165, 1.54) is 10.9 Å². The molecule has 2 aromatic carbocycles. The first kappa shape index (κ1) is 17.9. The molecule has 0 aliphatic carbocycles. The molecular weight excluding hydrogens is 326 g/mol. The lowest BCUT2D eigenvalue weighted by Crippen LogP contribution is -2.28. The van der Waals surface area contributed by atoms with Gasteiger partial charge in [-0.2, -0.15) is 0 Å². The summed E-state index contributed by atoms with van der Waals surface area (Å²) < 4.78 is 1.35. The Bertz CT molecular complexity index is 1040. The molecule has 1 aromatic heterocycles. The van der Waals surface area contributed by atoms with Crippen LogP contribution in [0.15, 0.2) is 47.5 Å². The standard InChI is InChI=1S/C21H23N3O2/c1-13(2)16-7-5-6-15(4)20(16)23-19(25)11-24-12-22-18-9-8-14(3)10-17(18)21(24)26/h5-10,12-13H,11H2,1-4H3,(H,23,25). The van der Waals surface area contributed by atoms with Crippen molar-refractivity contribution in [2.24, 2.45) is 0 Å². The largest absolute Gasteiger partial charge is 0.324 e. The molecule has 5 heteroatoms. The van der Waals surface area contributed by atoms with Gasteiger partial charge in [0.15, 0.2) is 0 Å². The van der Waals surface area contributed by atoms with Gasteiger partial charge in [0.05, 0.1) is 17.2 Å². The van der Waals surface area contributed by atoms with Gasteiger partial charge in [-0.05, 0) is 43.0 Å². The summed E-state index contributed by atoms with van der Waals surface area (Å²) in [6.07, 6.45) is 1.43. The molecule has 3 rings (SSSR count). The number of carbonyl (C=O) groups excluding carboxylic acids is 1. The second kappa shape index (κ2) is 7.12. The Balaban J connectivity index is 1.89. The second-order valence-electron chi connectivity index (χ2n) is 6.94. The molecule has 5 nitrogen and oxygen atoms in total. The molecule has 1 N–H and O–H groups in total. The average molecular weight is 349 g/mol. The van der Waals surface area contributed by atoms with Crippen molar-refractivity contribution in [2.45, 2.75) is 40.2 Å². The number of nitrogens with one attached hydrogen (secondary N) is 1. The summed E-state index contributed by atoms with van der Waals surface area (Å²) in [5.74, 6) is 0.0512. The van der Waals surface area contributed by atoms with Crippen molar-refractivity contribution >= 4 is 22.5 Å². The van der Waals surface area contributed by atoms with Crippen LogP contribution in [0.3, 0.4) is 0 Å². The lowest BCUT2D eigenvalue weighted by Gasteiger charge is -2.16. The smallest absolute Gasteiger partial charge is 0.261 e. The topological polar surface area (TPSA) is 64.0 Å². The van der Waals surface area contributed by atoms with Crippen LogP contribution in [-0.2, 0) is 11.3 Å². The van der Waals surface area contributed by atoms with E-state index in [-0.39, 0.29) is 18.0 Å². The summed E-state index contributed by atoms with van der Waals surface area (Å²) in [5, 5.41) is 3.50. The summed E-state index contributed by atoms with van der Waals surface area (Å²) in [7, 11) is 0. The van der Waals surface area contributed by atoms with Crippen LogP contribution in [0.1, 0.15) is 36.5 Å². The Morgan fingerprint density at radius 2 is 1.96 bits per heavy atom. The molecule has 0 spiro atoms. The van der Waals surface area contributed by atoms with E-state index in [1.54, 1.807) is 6.07 Å². The highest BCUT2D eigenvalue weighted by atomic mass is 16.2. The fraction of sp³-hybridized carbons (Fsp3) is 0.286. The number of benzene rings is 2. The summed E-state index contributed by atoms with van der Waals surface area (Å²) in [4.78, 5) is 29.5. The van der Waals surface area contributed by atoms with Crippen molar-refractivity contribution in [1.82, 2.24) is 9.55 Å². The zero-order chi connectivity index (χ0) is 18.8. The molecule has 1 amide bonds. The zero-order valence-electron chi connectivity index (χ0n) is 15.5. The van der Waals surface area contributed by atoms with Crippen molar-refractivity contribution in [2.75, 3.05) is 5.32 Å². The predicted octanol–water partition coefficient (Wildman–Crippen LogP) is 3.78. The van der Waals surface area contributed by atoms with Gasteiger partial charge < -0.3 is 5.32 Å². The fourth-order valence-corrected chi connectivity index (χ4v) is 3.06. The molecule has 3 aromatic rings. The highest BCUT2D eigenvalue weighted by Gasteiger charge is 2.13. The van der Waals surface area contributed by atoms with Crippen molar-refractivity contribution in [3.8, 4) is 0 Å². The first-order chi connectivity index (χ1) is 12.4. The van der Waals surface area contributed by atoms with Gasteiger partial charge in [-0.25, -0.2) is 4.98 Å². The third kappa shape index (κ3) is 3.52. The van der Waals surface area contributed by atoms with Gasteiger partial charge in [0.2, 0.25) is 5.91 Å². The summed E-state index contributed by atoms with van der Waals surface area (Å²) in [5.41, 5.74) is 4.33. The van der Waals surface area contributed by atoms with E-state index in [9.17, 15) is 9.59 Å². The maximum absolute atomic E-state index is 12.7. The van der Waals surface area contributed by atoms with Gasteiger partial charge in [0, 0.05) is 5.69 Å². The van der Waals surface area contributed by atoms with Crippen LogP contribution in [0, 0.1) is 13.8 Å². The third-order valence-corrected chi connectivity index (χ3v) is 4.48. The molecule has 0 bridgehead atoms. The zero-order valence-corrected chi connectivity index (χ0v) is 15.5. The first-order valence-corrected chi connectivity index (χ1v) is 8.72. The minimum atomic E-state index is -0.239. The van der Waals surface area contributed by atoms with E-state index in [0.29, 0.717) is 16.8 Å². The monoisotopic (exact) mass is 349 g/mol. The van der Waals surface area contributed by atoms with Crippen LogP contribution >= 0.6 is 0 Å². The molecule has 0 saturated heterocycles. The minimum Gasteiger partial charge on any atom is -0.324 e. The predicted molar refractivity (Wildman–Crippen MR) is 105 cm³/mol. The number of nitrogens with zero attached hydrogens (tertiary/aromatic N) is 2. The molecule has 134 valence electrons. The van der Waals surface area contributed by atoms with Crippen LogP contribution < -0.4 is 10.9 Å². The van der Waals surface area contributed by atoms with E-state index >= 15 is 0 Å². The highest BCUT2D eigenvalue weighted by molar-refractivity contribution is 5.92. The fourth-order valence-electron chi connectivity index (χ4n) is 3.06. The van der Waals surface area contributed by atoms with Crippen LogP contribution in [0.25, 0.3) is 10.9 Å². The lowest BCUT2D eigenvalue weighted by molar-refractivity contribution is -0.116. The number of hydrogen-bond donors (Lipinski definition) is 1. The number of fused-ring (bicyclic) bond motifs is 1.